The lowest BCUT2D eigenvalue weighted by Crippen LogP contribution is -2.38. The van der Waals surface area contributed by atoms with Crippen LogP contribution >= 0.6 is 0 Å². The highest BCUT2D eigenvalue weighted by atomic mass is 16.5. The fourth-order valence-electron chi connectivity index (χ4n) is 4.16. The van der Waals surface area contributed by atoms with Crippen molar-refractivity contribution in [3.63, 3.8) is 0 Å². The number of rotatable bonds is 9. The quantitative estimate of drug-likeness (QED) is 0.600. The van der Waals surface area contributed by atoms with E-state index >= 15 is 0 Å². The number of morpholine rings is 1. The summed E-state index contributed by atoms with van der Waals surface area (Å²) in [6, 6.07) is 15.9. The summed E-state index contributed by atoms with van der Waals surface area (Å²) < 4.78 is 17.1. The van der Waals surface area contributed by atoms with E-state index in [2.05, 4.69) is 17.0 Å². The van der Waals surface area contributed by atoms with Gasteiger partial charge in [0.25, 0.3) is 5.91 Å². The van der Waals surface area contributed by atoms with E-state index in [-0.39, 0.29) is 12.0 Å². The second-order valence-corrected chi connectivity index (χ2v) is 8.63. The van der Waals surface area contributed by atoms with Crippen LogP contribution in [0.15, 0.2) is 48.5 Å². The van der Waals surface area contributed by atoms with Crippen molar-refractivity contribution in [3.05, 3.63) is 65.2 Å². The molecule has 0 aromatic heterocycles. The summed E-state index contributed by atoms with van der Waals surface area (Å²) in [5.41, 5.74) is 2.96. The Labute approximate surface area is 191 Å². The molecule has 0 N–H and O–H groups in total. The van der Waals surface area contributed by atoms with Gasteiger partial charge < -0.3 is 19.1 Å². The van der Waals surface area contributed by atoms with Crippen LogP contribution in [0.3, 0.4) is 0 Å². The Bertz CT molecular complexity index is 841. The second kappa shape index (κ2) is 11.5. The molecular formula is C26H34N2O4. The monoisotopic (exact) mass is 438 g/mol. The maximum Gasteiger partial charge on any atom is 0.254 e. The predicted octanol–water partition coefficient (Wildman–Crippen LogP) is 3.53. The SMILES string of the molecule is Cc1ccc(C(=O)N(Cc2ccc(OCCN3CCOCC3)cc2)C[C@H]2CCCO2)cc1. The van der Waals surface area contributed by atoms with Crippen molar-refractivity contribution in [1.82, 2.24) is 9.80 Å². The van der Waals surface area contributed by atoms with Gasteiger partial charge in [-0.2, -0.15) is 0 Å². The molecule has 32 heavy (non-hydrogen) atoms. The van der Waals surface area contributed by atoms with Crippen molar-refractivity contribution >= 4 is 5.91 Å². The summed E-state index contributed by atoms with van der Waals surface area (Å²) in [7, 11) is 0. The first-order valence-corrected chi connectivity index (χ1v) is 11.7. The van der Waals surface area contributed by atoms with E-state index in [4.69, 9.17) is 14.2 Å². The molecule has 2 aliphatic heterocycles. The minimum absolute atomic E-state index is 0.0475. The van der Waals surface area contributed by atoms with Gasteiger partial charge in [-0.25, -0.2) is 0 Å². The number of amides is 1. The molecule has 0 unspecified atom stereocenters. The molecule has 2 aromatic rings. The summed E-state index contributed by atoms with van der Waals surface area (Å²) >= 11 is 0. The number of ether oxygens (including phenoxy) is 3. The number of carbonyl (C=O) groups is 1. The molecule has 0 spiro atoms. The zero-order chi connectivity index (χ0) is 22.2. The van der Waals surface area contributed by atoms with E-state index in [0.29, 0.717) is 19.7 Å². The second-order valence-electron chi connectivity index (χ2n) is 8.63. The standard InChI is InChI=1S/C26H34N2O4/c1-21-4-8-23(9-5-21)26(29)28(20-25-3-2-15-31-25)19-22-6-10-24(11-7-22)32-18-14-27-12-16-30-17-13-27/h4-11,25H,2-3,12-20H2,1H3/t25-/m1/s1. The number of benzene rings is 2. The Morgan fingerprint density at radius 3 is 2.50 bits per heavy atom. The summed E-state index contributed by atoms with van der Waals surface area (Å²) in [6.07, 6.45) is 2.19. The van der Waals surface area contributed by atoms with E-state index in [1.807, 2.05) is 48.2 Å². The van der Waals surface area contributed by atoms with Crippen LogP contribution in [0.1, 0.15) is 34.3 Å². The number of carbonyl (C=O) groups excluding carboxylic acids is 1. The van der Waals surface area contributed by atoms with Crippen LogP contribution in [-0.4, -0.2) is 74.4 Å². The molecule has 0 bridgehead atoms. The maximum atomic E-state index is 13.2. The van der Waals surface area contributed by atoms with Gasteiger partial charge in [-0.05, 0) is 49.6 Å². The number of hydrogen-bond acceptors (Lipinski definition) is 5. The highest BCUT2D eigenvalue weighted by Gasteiger charge is 2.23. The molecule has 172 valence electrons. The summed E-state index contributed by atoms with van der Waals surface area (Å²) in [6.45, 7) is 9.11. The molecule has 2 saturated heterocycles. The molecule has 1 atom stereocenters. The van der Waals surface area contributed by atoms with Crippen LogP contribution < -0.4 is 4.74 Å². The average molecular weight is 439 g/mol. The van der Waals surface area contributed by atoms with Crippen molar-refractivity contribution < 1.29 is 19.0 Å². The lowest BCUT2D eigenvalue weighted by atomic mass is 10.1. The normalized spacial score (nSPS) is 19.1. The Kier molecular flexibility index (Phi) is 8.15. The molecule has 6 heteroatoms. The van der Waals surface area contributed by atoms with Gasteiger partial charge in [-0.15, -0.1) is 0 Å². The summed E-state index contributed by atoms with van der Waals surface area (Å²) in [5, 5.41) is 0. The van der Waals surface area contributed by atoms with E-state index < -0.39 is 0 Å². The highest BCUT2D eigenvalue weighted by molar-refractivity contribution is 5.94. The Morgan fingerprint density at radius 1 is 1.06 bits per heavy atom. The Hall–Kier alpha value is -2.41. The van der Waals surface area contributed by atoms with E-state index in [1.165, 1.54) is 0 Å². The van der Waals surface area contributed by atoms with Crippen LogP contribution in [0.4, 0.5) is 0 Å². The largest absolute Gasteiger partial charge is 0.492 e. The van der Waals surface area contributed by atoms with Crippen LogP contribution in [0.25, 0.3) is 0 Å². The molecule has 0 saturated carbocycles. The molecule has 2 heterocycles. The number of hydrogen-bond donors (Lipinski definition) is 0. The van der Waals surface area contributed by atoms with Gasteiger partial charge in [0.2, 0.25) is 0 Å². The fourth-order valence-corrected chi connectivity index (χ4v) is 4.16. The van der Waals surface area contributed by atoms with Gasteiger partial charge in [-0.3, -0.25) is 9.69 Å². The molecule has 0 aliphatic carbocycles. The van der Waals surface area contributed by atoms with Crippen molar-refractivity contribution in [2.24, 2.45) is 0 Å². The molecule has 6 nitrogen and oxygen atoms in total. The van der Waals surface area contributed by atoms with Crippen LogP contribution in [0, 0.1) is 6.92 Å². The topological polar surface area (TPSA) is 51.2 Å². The van der Waals surface area contributed by atoms with E-state index in [9.17, 15) is 4.79 Å². The van der Waals surface area contributed by atoms with Gasteiger partial charge in [0.05, 0.1) is 19.3 Å². The third kappa shape index (κ3) is 6.55. The minimum Gasteiger partial charge on any atom is -0.492 e. The molecule has 2 aliphatic rings. The molecule has 2 fully saturated rings. The van der Waals surface area contributed by atoms with Gasteiger partial charge >= 0.3 is 0 Å². The summed E-state index contributed by atoms with van der Waals surface area (Å²) in [4.78, 5) is 17.5. The zero-order valence-corrected chi connectivity index (χ0v) is 19.0. The lowest BCUT2D eigenvalue weighted by Gasteiger charge is -2.26. The predicted molar refractivity (Wildman–Crippen MR) is 124 cm³/mol. The fraction of sp³-hybridized carbons (Fsp3) is 0.500. The molecule has 0 radical (unpaired) electrons. The van der Waals surface area contributed by atoms with Crippen molar-refractivity contribution in [2.45, 2.75) is 32.4 Å². The van der Waals surface area contributed by atoms with Crippen LogP contribution in [0.2, 0.25) is 0 Å². The van der Waals surface area contributed by atoms with Crippen LogP contribution in [-0.2, 0) is 16.0 Å². The first kappa shape index (κ1) is 22.8. The lowest BCUT2D eigenvalue weighted by molar-refractivity contribution is 0.0322. The molecule has 1 amide bonds. The van der Waals surface area contributed by atoms with Gasteiger partial charge in [0, 0.05) is 44.9 Å². The average Bonchev–Trinajstić information content (AvgIpc) is 3.34. The maximum absolute atomic E-state index is 13.2. The third-order valence-electron chi connectivity index (χ3n) is 6.11. The van der Waals surface area contributed by atoms with Gasteiger partial charge in [0.1, 0.15) is 12.4 Å². The first-order valence-electron chi connectivity index (χ1n) is 11.7. The zero-order valence-electron chi connectivity index (χ0n) is 19.0. The van der Waals surface area contributed by atoms with Gasteiger partial charge in [0.15, 0.2) is 0 Å². The summed E-state index contributed by atoms with van der Waals surface area (Å²) in [5.74, 6) is 0.906. The van der Waals surface area contributed by atoms with Crippen molar-refractivity contribution in [1.29, 1.82) is 0 Å². The van der Waals surface area contributed by atoms with Gasteiger partial charge in [-0.1, -0.05) is 29.8 Å². The van der Waals surface area contributed by atoms with E-state index in [0.717, 1.165) is 74.7 Å². The molecule has 4 rings (SSSR count). The smallest absolute Gasteiger partial charge is 0.254 e. The highest BCUT2D eigenvalue weighted by Crippen LogP contribution is 2.19. The van der Waals surface area contributed by atoms with E-state index in [1.54, 1.807) is 0 Å². The van der Waals surface area contributed by atoms with Crippen molar-refractivity contribution in [2.75, 3.05) is 52.6 Å². The molecule has 2 aromatic carbocycles. The number of nitrogens with zero attached hydrogens (tertiary/aromatic N) is 2. The van der Waals surface area contributed by atoms with Crippen molar-refractivity contribution in [3.8, 4) is 5.75 Å². The minimum atomic E-state index is 0.0475. The molecular weight excluding hydrogens is 404 g/mol. The first-order chi connectivity index (χ1) is 15.7. The Balaban J connectivity index is 1.35. The van der Waals surface area contributed by atoms with Crippen LogP contribution in [0.5, 0.6) is 5.75 Å². The third-order valence-corrected chi connectivity index (χ3v) is 6.11. The number of aryl methyl sites for hydroxylation is 1. The Morgan fingerprint density at radius 2 is 1.81 bits per heavy atom.